The summed E-state index contributed by atoms with van der Waals surface area (Å²) in [5.41, 5.74) is -0.0444. The van der Waals surface area contributed by atoms with Crippen LogP contribution in [-0.2, 0) is 18.0 Å². The predicted molar refractivity (Wildman–Crippen MR) is 103 cm³/mol. The Morgan fingerprint density at radius 2 is 1.00 bits per heavy atom. The Balaban J connectivity index is 1.89. The van der Waals surface area contributed by atoms with E-state index in [1.54, 1.807) is 48.5 Å². The highest BCUT2D eigenvalue weighted by molar-refractivity contribution is 6.02. The van der Waals surface area contributed by atoms with Crippen LogP contribution in [0.3, 0.4) is 0 Å². The van der Waals surface area contributed by atoms with Gasteiger partial charge in [0.05, 0.1) is 13.2 Å². The molecule has 5 heteroatoms. The molecule has 0 amide bonds. The number of aliphatic hydroxyl groups is 2. The molecule has 0 spiro atoms. The summed E-state index contributed by atoms with van der Waals surface area (Å²) in [7, 11) is 0. The standard InChI is InChI=1S/C22H26O5/c1-21(2,25)19(23)17-9-5-15(6-10-17)13-27-14-16-7-11-18(12-8-16)20(24)22(3,4)26/h5-12,25-26H,13-14H2,1-4H3. The van der Waals surface area contributed by atoms with Gasteiger partial charge in [-0.25, -0.2) is 0 Å². The van der Waals surface area contributed by atoms with Gasteiger partial charge in [-0.2, -0.15) is 0 Å². The van der Waals surface area contributed by atoms with Crippen LogP contribution in [0.1, 0.15) is 59.5 Å². The molecule has 0 heterocycles. The number of benzene rings is 2. The number of ether oxygens (including phenoxy) is 1. The second kappa shape index (κ2) is 8.13. The first kappa shape index (κ1) is 21.0. The Kier molecular flexibility index (Phi) is 6.31. The van der Waals surface area contributed by atoms with Gasteiger partial charge in [0.2, 0.25) is 0 Å². The van der Waals surface area contributed by atoms with Crippen LogP contribution in [0.25, 0.3) is 0 Å². The second-order valence-electron chi connectivity index (χ2n) is 7.66. The van der Waals surface area contributed by atoms with E-state index in [4.69, 9.17) is 4.74 Å². The molecule has 2 N–H and O–H groups in total. The van der Waals surface area contributed by atoms with E-state index in [0.717, 1.165) is 11.1 Å². The van der Waals surface area contributed by atoms with Gasteiger partial charge < -0.3 is 14.9 Å². The van der Waals surface area contributed by atoms with Gasteiger partial charge >= 0.3 is 0 Å². The molecule has 2 aromatic carbocycles. The fourth-order valence-electron chi connectivity index (χ4n) is 2.50. The average Bonchev–Trinajstić information content (AvgIpc) is 2.60. The maximum absolute atomic E-state index is 12.0. The summed E-state index contributed by atoms with van der Waals surface area (Å²) in [5.74, 6) is -0.647. The lowest BCUT2D eigenvalue weighted by molar-refractivity contribution is 0.0487. The summed E-state index contributed by atoms with van der Waals surface area (Å²) in [6.45, 7) is 6.61. The molecular weight excluding hydrogens is 344 g/mol. The maximum Gasteiger partial charge on any atom is 0.193 e. The molecule has 0 saturated heterocycles. The largest absolute Gasteiger partial charge is 0.382 e. The van der Waals surface area contributed by atoms with Crippen LogP contribution < -0.4 is 0 Å². The number of hydrogen-bond acceptors (Lipinski definition) is 5. The Morgan fingerprint density at radius 3 is 1.26 bits per heavy atom. The third-order valence-corrected chi connectivity index (χ3v) is 4.08. The van der Waals surface area contributed by atoms with Crippen molar-refractivity contribution in [3.05, 3.63) is 70.8 Å². The number of carbonyl (C=O) groups is 2. The molecule has 144 valence electrons. The van der Waals surface area contributed by atoms with Crippen molar-refractivity contribution in [1.29, 1.82) is 0 Å². The minimum Gasteiger partial charge on any atom is -0.382 e. The van der Waals surface area contributed by atoms with Crippen molar-refractivity contribution in [1.82, 2.24) is 0 Å². The molecule has 0 aliphatic rings. The van der Waals surface area contributed by atoms with E-state index in [9.17, 15) is 19.8 Å². The van der Waals surface area contributed by atoms with Gasteiger partial charge in [0.25, 0.3) is 0 Å². The lowest BCUT2D eigenvalue weighted by atomic mass is 9.96. The van der Waals surface area contributed by atoms with Crippen molar-refractivity contribution in [2.24, 2.45) is 0 Å². The Hall–Kier alpha value is -2.34. The number of carbonyl (C=O) groups excluding carboxylic acids is 2. The summed E-state index contributed by atoms with van der Waals surface area (Å²) in [5, 5.41) is 19.5. The van der Waals surface area contributed by atoms with E-state index in [2.05, 4.69) is 0 Å². The highest BCUT2D eigenvalue weighted by Crippen LogP contribution is 2.16. The van der Waals surface area contributed by atoms with Crippen LogP contribution in [0.15, 0.2) is 48.5 Å². The van der Waals surface area contributed by atoms with Gasteiger partial charge in [0.1, 0.15) is 11.2 Å². The second-order valence-corrected chi connectivity index (χ2v) is 7.66. The van der Waals surface area contributed by atoms with Crippen molar-refractivity contribution in [2.45, 2.75) is 52.1 Å². The number of rotatable bonds is 8. The summed E-state index contributed by atoms with van der Waals surface area (Å²) in [6, 6.07) is 13.9. The van der Waals surface area contributed by atoms with Crippen LogP contribution in [0.4, 0.5) is 0 Å². The summed E-state index contributed by atoms with van der Waals surface area (Å²) < 4.78 is 5.67. The average molecular weight is 370 g/mol. The van der Waals surface area contributed by atoms with E-state index in [1.165, 1.54) is 27.7 Å². The van der Waals surface area contributed by atoms with Gasteiger partial charge in [0, 0.05) is 11.1 Å². The molecule has 0 unspecified atom stereocenters. The van der Waals surface area contributed by atoms with Crippen molar-refractivity contribution < 1.29 is 24.5 Å². The van der Waals surface area contributed by atoms with Crippen molar-refractivity contribution >= 4 is 11.6 Å². The van der Waals surface area contributed by atoms with Crippen LogP contribution in [0, 0.1) is 0 Å². The van der Waals surface area contributed by atoms with Gasteiger partial charge in [-0.1, -0.05) is 48.5 Å². The van der Waals surface area contributed by atoms with Gasteiger partial charge in [-0.05, 0) is 38.8 Å². The first-order chi connectivity index (χ1) is 12.5. The zero-order valence-corrected chi connectivity index (χ0v) is 16.2. The molecule has 0 radical (unpaired) electrons. The first-order valence-electron chi connectivity index (χ1n) is 8.78. The van der Waals surface area contributed by atoms with Gasteiger partial charge in [-0.3, -0.25) is 9.59 Å². The molecule has 0 aliphatic heterocycles. The summed E-state index contributed by atoms with van der Waals surface area (Å²) in [4.78, 5) is 24.0. The third-order valence-electron chi connectivity index (χ3n) is 4.08. The molecule has 0 fully saturated rings. The van der Waals surface area contributed by atoms with E-state index < -0.39 is 11.2 Å². The molecule has 2 rings (SSSR count). The zero-order valence-electron chi connectivity index (χ0n) is 16.2. The highest BCUT2D eigenvalue weighted by atomic mass is 16.5. The molecule has 0 bridgehead atoms. The number of ketones is 2. The maximum atomic E-state index is 12.0. The summed E-state index contributed by atoms with van der Waals surface area (Å²) in [6.07, 6.45) is 0. The quantitative estimate of drug-likeness (QED) is 0.697. The van der Waals surface area contributed by atoms with Crippen molar-refractivity contribution in [3.63, 3.8) is 0 Å². The van der Waals surface area contributed by atoms with E-state index in [1.807, 2.05) is 0 Å². The molecule has 27 heavy (non-hydrogen) atoms. The van der Waals surface area contributed by atoms with E-state index in [-0.39, 0.29) is 11.6 Å². The van der Waals surface area contributed by atoms with Crippen molar-refractivity contribution in [3.8, 4) is 0 Å². The predicted octanol–water partition coefficient (Wildman–Crippen LogP) is 3.31. The van der Waals surface area contributed by atoms with Crippen LogP contribution in [0.5, 0.6) is 0 Å². The van der Waals surface area contributed by atoms with Crippen molar-refractivity contribution in [2.75, 3.05) is 0 Å². The van der Waals surface area contributed by atoms with E-state index >= 15 is 0 Å². The lowest BCUT2D eigenvalue weighted by Gasteiger charge is -2.16. The Morgan fingerprint density at radius 1 is 0.704 bits per heavy atom. The van der Waals surface area contributed by atoms with Crippen LogP contribution in [-0.4, -0.2) is 33.0 Å². The Bertz CT molecular complexity index is 721. The highest BCUT2D eigenvalue weighted by Gasteiger charge is 2.25. The molecule has 0 saturated carbocycles. The molecule has 5 nitrogen and oxygen atoms in total. The Labute approximate surface area is 159 Å². The molecule has 2 aromatic rings. The van der Waals surface area contributed by atoms with E-state index in [0.29, 0.717) is 24.3 Å². The van der Waals surface area contributed by atoms with Crippen LogP contribution in [0.2, 0.25) is 0 Å². The smallest absolute Gasteiger partial charge is 0.193 e. The summed E-state index contributed by atoms with van der Waals surface area (Å²) >= 11 is 0. The minimum atomic E-state index is -1.39. The number of Topliss-reactive ketones (excluding diaryl/α,β-unsaturated/α-hetero) is 2. The zero-order chi connectivity index (χ0) is 20.2. The van der Waals surface area contributed by atoms with Crippen LogP contribution >= 0.6 is 0 Å². The minimum absolute atomic E-state index is 0.323. The topological polar surface area (TPSA) is 83.8 Å². The lowest BCUT2D eigenvalue weighted by Crippen LogP contribution is -2.31. The molecule has 0 aromatic heterocycles. The first-order valence-corrected chi connectivity index (χ1v) is 8.78. The number of hydrogen-bond donors (Lipinski definition) is 2. The monoisotopic (exact) mass is 370 g/mol. The molecule has 0 aliphatic carbocycles. The fourth-order valence-corrected chi connectivity index (χ4v) is 2.50. The van der Waals surface area contributed by atoms with Gasteiger partial charge in [0.15, 0.2) is 11.6 Å². The molecular formula is C22H26O5. The molecule has 0 atom stereocenters. The van der Waals surface area contributed by atoms with Gasteiger partial charge in [-0.15, -0.1) is 0 Å². The SMILES string of the molecule is CC(C)(O)C(=O)c1ccc(COCc2ccc(C(=O)C(C)(C)O)cc2)cc1. The normalized spacial score (nSPS) is 12.1. The third kappa shape index (κ3) is 5.82. The fraction of sp³-hybridized carbons (Fsp3) is 0.364.